The second-order valence-electron chi connectivity index (χ2n) is 7.90. The number of sulfonamides is 1. The van der Waals surface area contributed by atoms with Crippen molar-refractivity contribution in [1.29, 1.82) is 0 Å². The highest BCUT2D eigenvalue weighted by Gasteiger charge is 2.41. The summed E-state index contributed by atoms with van der Waals surface area (Å²) in [6.07, 6.45) is 0.177. The van der Waals surface area contributed by atoms with Crippen molar-refractivity contribution in [2.45, 2.75) is 18.2 Å². The normalized spacial score (nSPS) is 23.0. The Hall–Kier alpha value is -1.88. The number of phenolic OH excluding ortho intramolecular Hbond substituents is 1. The fourth-order valence-electron chi connectivity index (χ4n) is 4.21. The second kappa shape index (κ2) is 7.99. The van der Waals surface area contributed by atoms with Gasteiger partial charge in [0.2, 0.25) is 10.0 Å². The van der Waals surface area contributed by atoms with E-state index in [2.05, 4.69) is 4.90 Å². The predicted octanol–water partition coefficient (Wildman–Crippen LogP) is 1.19. The molecule has 2 saturated heterocycles. The minimum Gasteiger partial charge on any atom is -0.508 e. The van der Waals surface area contributed by atoms with Gasteiger partial charge < -0.3 is 9.84 Å². The Kier molecular flexibility index (Phi) is 5.69. The van der Waals surface area contributed by atoms with E-state index in [1.54, 1.807) is 13.2 Å². The molecule has 8 nitrogen and oxygen atoms in total. The van der Waals surface area contributed by atoms with Crippen LogP contribution in [0.3, 0.4) is 0 Å². The number of hydrogen-bond acceptors (Lipinski definition) is 7. The third-order valence-corrected chi connectivity index (χ3v) is 10.3. The van der Waals surface area contributed by atoms with Crippen LogP contribution in [0.4, 0.5) is 0 Å². The maximum Gasteiger partial charge on any atom is 0.218 e. The van der Waals surface area contributed by atoms with E-state index < -0.39 is 25.1 Å². The average Bonchev–Trinajstić information content (AvgIpc) is 3.10. The molecular weight excluding hydrogens is 428 g/mol. The molecule has 0 aromatic heterocycles. The molecule has 1 N–H and O–H groups in total. The SMILES string of the molecule is COc1ccc2ccc(O)c(CN3CCN(S(=O)(=O)[C@@H]4CCS(=O)(=O)C4)CC3)c2c1. The van der Waals surface area contributed by atoms with Crippen LogP contribution in [0, 0.1) is 0 Å². The molecule has 2 fully saturated rings. The molecular formula is C20H26N2O6S2. The molecule has 30 heavy (non-hydrogen) atoms. The zero-order valence-corrected chi connectivity index (χ0v) is 18.5. The number of aromatic hydroxyl groups is 1. The number of ether oxygens (including phenoxy) is 1. The van der Waals surface area contributed by atoms with Crippen LogP contribution in [0.1, 0.15) is 12.0 Å². The topological polar surface area (TPSA) is 104 Å². The minimum absolute atomic E-state index is 0.0549. The van der Waals surface area contributed by atoms with Crippen molar-refractivity contribution in [2.75, 3.05) is 44.8 Å². The van der Waals surface area contributed by atoms with Crippen LogP contribution in [0.2, 0.25) is 0 Å². The number of fused-ring (bicyclic) bond motifs is 1. The standard InChI is InChI=1S/C20H26N2O6S2/c1-28-16-4-2-15-3-5-20(23)19(18(15)12-16)13-21-7-9-22(10-8-21)30(26,27)17-6-11-29(24,25)14-17/h2-5,12,17,23H,6-11,13-14H2,1H3/t17-/m1/s1. The predicted molar refractivity (Wildman–Crippen MR) is 115 cm³/mol. The lowest BCUT2D eigenvalue weighted by atomic mass is 10.0. The van der Waals surface area contributed by atoms with Gasteiger partial charge in [0.05, 0.1) is 23.9 Å². The molecule has 2 aromatic rings. The fraction of sp³-hybridized carbons (Fsp3) is 0.500. The third-order valence-electron chi connectivity index (χ3n) is 6.00. The lowest BCUT2D eigenvalue weighted by molar-refractivity contribution is 0.180. The van der Waals surface area contributed by atoms with Gasteiger partial charge in [-0.3, -0.25) is 4.90 Å². The quantitative estimate of drug-likeness (QED) is 0.724. The van der Waals surface area contributed by atoms with E-state index in [1.165, 1.54) is 4.31 Å². The van der Waals surface area contributed by atoms with Gasteiger partial charge in [-0.25, -0.2) is 16.8 Å². The molecule has 2 heterocycles. The summed E-state index contributed by atoms with van der Waals surface area (Å²) < 4.78 is 55.8. The van der Waals surface area contributed by atoms with Gasteiger partial charge in [-0.1, -0.05) is 12.1 Å². The van der Waals surface area contributed by atoms with E-state index in [0.29, 0.717) is 38.5 Å². The van der Waals surface area contributed by atoms with Crippen molar-refractivity contribution < 1.29 is 26.7 Å². The maximum atomic E-state index is 12.8. The molecule has 0 saturated carbocycles. The van der Waals surface area contributed by atoms with Gasteiger partial charge in [-0.2, -0.15) is 4.31 Å². The molecule has 10 heteroatoms. The van der Waals surface area contributed by atoms with Crippen molar-refractivity contribution in [2.24, 2.45) is 0 Å². The van der Waals surface area contributed by atoms with Crippen LogP contribution >= 0.6 is 0 Å². The van der Waals surface area contributed by atoms with E-state index in [0.717, 1.165) is 16.3 Å². The molecule has 0 amide bonds. The lowest BCUT2D eigenvalue weighted by Crippen LogP contribution is -2.51. The van der Waals surface area contributed by atoms with E-state index in [-0.39, 0.29) is 23.7 Å². The largest absolute Gasteiger partial charge is 0.508 e. The number of nitrogens with zero attached hydrogens (tertiary/aromatic N) is 2. The molecule has 2 aromatic carbocycles. The van der Waals surface area contributed by atoms with E-state index in [9.17, 15) is 21.9 Å². The molecule has 2 aliphatic rings. The molecule has 0 unspecified atom stereocenters. The van der Waals surface area contributed by atoms with Crippen molar-refractivity contribution in [3.05, 3.63) is 35.9 Å². The monoisotopic (exact) mass is 454 g/mol. The summed E-state index contributed by atoms with van der Waals surface area (Å²) in [7, 11) is -5.28. The molecule has 0 radical (unpaired) electrons. The highest BCUT2D eigenvalue weighted by atomic mass is 32.2. The summed E-state index contributed by atoms with van der Waals surface area (Å²) in [4.78, 5) is 2.10. The molecule has 0 spiro atoms. The first-order valence-corrected chi connectivity index (χ1v) is 13.2. The van der Waals surface area contributed by atoms with Gasteiger partial charge in [0.25, 0.3) is 0 Å². The number of phenols is 1. The van der Waals surface area contributed by atoms with Crippen molar-refractivity contribution in [3.8, 4) is 11.5 Å². The van der Waals surface area contributed by atoms with Gasteiger partial charge in [0.15, 0.2) is 9.84 Å². The van der Waals surface area contributed by atoms with Crippen molar-refractivity contribution >= 4 is 30.6 Å². The molecule has 164 valence electrons. The highest BCUT2D eigenvalue weighted by Crippen LogP contribution is 2.32. The number of piperazine rings is 1. The minimum atomic E-state index is -3.62. The van der Waals surface area contributed by atoms with Gasteiger partial charge in [0, 0.05) is 38.3 Å². The fourth-order valence-corrected chi connectivity index (χ4v) is 8.73. The Morgan fingerprint density at radius 1 is 1.13 bits per heavy atom. The zero-order valence-electron chi connectivity index (χ0n) is 16.8. The smallest absolute Gasteiger partial charge is 0.218 e. The summed E-state index contributed by atoms with van der Waals surface area (Å²) in [6.45, 7) is 2.14. The van der Waals surface area contributed by atoms with E-state index in [4.69, 9.17) is 4.74 Å². The Bertz CT molecular complexity index is 1160. The summed E-state index contributed by atoms with van der Waals surface area (Å²) in [5.41, 5.74) is 0.782. The first-order valence-electron chi connectivity index (χ1n) is 9.90. The van der Waals surface area contributed by atoms with Crippen LogP contribution in [0.25, 0.3) is 10.8 Å². The first-order chi connectivity index (χ1) is 14.2. The number of rotatable bonds is 5. The van der Waals surface area contributed by atoms with Gasteiger partial charge in [-0.15, -0.1) is 0 Å². The Labute approximate surface area is 177 Å². The van der Waals surface area contributed by atoms with Crippen LogP contribution in [0.5, 0.6) is 11.5 Å². The first kappa shape index (κ1) is 21.4. The Morgan fingerprint density at radius 3 is 2.47 bits per heavy atom. The van der Waals surface area contributed by atoms with Crippen molar-refractivity contribution in [3.63, 3.8) is 0 Å². The Balaban J connectivity index is 1.47. The van der Waals surface area contributed by atoms with E-state index in [1.807, 2.05) is 24.3 Å². The maximum absolute atomic E-state index is 12.8. The van der Waals surface area contributed by atoms with Crippen LogP contribution < -0.4 is 4.74 Å². The number of methoxy groups -OCH3 is 1. The molecule has 1 atom stereocenters. The summed E-state index contributed by atoms with van der Waals surface area (Å²) in [6, 6.07) is 9.23. The summed E-state index contributed by atoms with van der Waals surface area (Å²) in [5.74, 6) is 0.570. The van der Waals surface area contributed by atoms with Gasteiger partial charge >= 0.3 is 0 Å². The molecule has 0 bridgehead atoms. The van der Waals surface area contributed by atoms with Crippen LogP contribution in [-0.4, -0.2) is 81.2 Å². The number of hydrogen-bond donors (Lipinski definition) is 1. The van der Waals surface area contributed by atoms with E-state index >= 15 is 0 Å². The molecule has 2 aliphatic heterocycles. The zero-order chi connectivity index (χ0) is 21.5. The van der Waals surface area contributed by atoms with Crippen LogP contribution in [0.15, 0.2) is 30.3 Å². The molecule has 0 aliphatic carbocycles. The van der Waals surface area contributed by atoms with Gasteiger partial charge in [0.1, 0.15) is 11.5 Å². The van der Waals surface area contributed by atoms with Crippen LogP contribution in [-0.2, 0) is 26.4 Å². The number of sulfone groups is 1. The average molecular weight is 455 g/mol. The number of benzene rings is 2. The second-order valence-corrected chi connectivity index (χ2v) is 12.3. The summed E-state index contributed by atoms with van der Waals surface area (Å²) >= 11 is 0. The van der Waals surface area contributed by atoms with Crippen molar-refractivity contribution in [1.82, 2.24) is 9.21 Å². The third kappa shape index (κ3) is 4.14. The Morgan fingerprint density at radius 2 is 1.83 bits per heavy atom. The molecule has 4 rings (SSSR count). The van der Waals surface area contributed by atoms with Gasteiger partial charge in [-0.05, 0) is 35.4 Å². The summed E-state index contributed by atoms with van der Waals surface area (Å²) in [5, 5.41) is 11.5. The highest BCUT2D eigenvalue weighted by molar-refractivity contribution is 7.95. The lowest BCUT2D eigenvalue weighted by Gasteiger charge is -2.35.